The molecule has 0 amide bonds. The highest BCUT2D eigenvalue weighted by Gasteiger charge is 2.49. The second-order valence-electron chi connectivity index (χ2n) is 7.96. The Hall–Kier alpha value is -1.53. The Bertz CT molecular complexity index is 795. The highest BCUT2D eigenvalue weighted by Crippen LogP contribution is 2.46. The van der Waals surface area contributed by atoms with E-state index in [2.05, 4.69) is 16.4 Å². The van der Waals surface area contributed by atoms with E-state index in [0.29, 0.717) is 13.2 Å². The molecule has 2 fully saturated rings. The predicted octanol–water partition coefficient (Wildman–Crippen LogP) is 4.26. The minimum absolute atomic E-state index is 0.138. The summed E-state index contributed by atoms with van der Waals surface area (Å²) < 4.78 is 25.3. The molecule has 6 heteroatoms. The van der Waals surface area contributed by atoms with Crippen LogP contribution in [0.3, 0.4) is 0 Å². The van der Waals surface area contributed by atoms with Crippen LogP contribution in [0.4, 0.5) is 4.39 Å². The monoisotopic (exact) mass is 404 g/mol. The Morgan fingerprint density at radius 3 is 2.86 bits per heavy atom. The first-order valence-electron chi connectivity index (χ1n) is 9.88. The third-order valence-electron chi connectivity index (χ3n) is 5.99. The van der Waals surface area contributed by atoms with Gasteiger partial charge in [0.05, 0.1) is 18.4 Å². The van der Waals surface area contributed by atoms with Crippen LogP contribution in [-0.4, -0.2) is 37.0 Å². The third kappa shape index (κ3) is 4.38. The summed E-state index contributed by atoms with van der Waals surface area (Å²) in [4.78, 5) is 4.46. The Labute approximate surface area is 170 Å². The van der Waals surface area contributed by atoms with Gasteiger partial charge in [0.1, 0.15) is 5.82 Å². The molecule has 0 aliphatic carbocycles. The molecule has 4 rings (SSSR count). The average Bonchev–Trinajstić information content (AvgIpc) is 3.13. The third-order valence-corrected chi connectivity index (χ3v) is 6.22. The van der Waals surface area contributed by atoms with E-state index in [4.69, 9.17) is 21.1 Å². The number of halogens is 2. The Morgan fingerprint density at radius 2 is 2.11 bits per heavy atom. The van der Waals surface area contributed by atoms with Gasteiger partial charge in [-0.25, -0.2) is 4.39 Å². The fourth-order valence-corrected chi connectivity index (χ4v) is 4.73. The molecule has 4 nitrogen and oxygen atoms in total. The summed E-state index contributed by atoms with van der Waals surface area (Å²) in [6, 6.07) is 11.2. The summed E-state index contributed by atoms with van der Waals surface area (Å²) in [5.41, 5.74) is 1.74. The van der Waals surface area contributed by atoms with Crippen LogP contribution in [0, 0.1) is 5.82 Å². The number of rotatable bonds is 6. The molecule has 0 saturated carbocycles. The van der Waals surface area contributed by atoms with Crippen LogP contribution in [0.5, 0.6) is 0 Å². The molecule has 150 valence electrons. The van der Waals surface area contributed by atoms with Gasteiger partial charge in [-0.3, -0.25) is 4.98 Å². The van der Waals surface area contributed by atoms with E-state index >= 15 is 0 Å². The van der Waals surface area contributed by atoms with Gasteiger partial charge in [0.2, 0.25) is 0 Å². The van der Waals surface area contributed by atoms with E-state index in [1.54, 1.807) is 0 Å². The lowest BCUT2D eigenvalue weighted by atomic mass is 9.68. The van der Waals surface area contributed by atoms with E-state index in [0.717, 1.165) is 61.7 Å². The van der Waals surface area contributed by atoms with Crippen LogP contribution in [-0.2, 0) is 21.4 Å². The highest BCUT2D eigenvalue weighted by atomic mass is 35.5. The summed E-state index contributed by atoms with van der Waals surface area (Å²) in [7, 11) is 0. The second-order valence-corrected chi connectivity index (χ2v) is 8.40. The molecule has 0 radical (unpaired) electrons. The molecule has 3 heterocycles. The number of benzene rings is 1. The van der Waals surface area contributed by atoms with Gasteiger partial charge in [0.15, 0.2) is 0 Å². The molecule has 1 aromatic heterocycles. The fourth-order valence-electron chi connectivity index (χ4n) is 4.52. The van der Waals surface area contributed by atoms with Gasteiger partial charge in [-0.05, 0) is 55.6 Å². The van der Waals surface area contributed by atoms with Gasteiger partial charge in [0.25, 0.3) is 0 Å². The van der Waals surface area contributed by atoms with Crippen LogP contribution < -0.4 is 5.32 Å². The van der Waals surface area contributed by atoms with Gasteiger partial charge in [0, 0.05) is 42.3 Å². The van der Waals surface area contributed by atoms with Crippen molar-refractivity contribution < 1.29 is 13.9 Å². The predicted molar refractivity (Wildman–Crippen MR) is 107 cm³/mol. The largest absolute Gasteiger partial charge is 0.378 e. The van der Waals surface area contributed by atoms with Crippen LogP contribution in [0.1, 0.15) is 36.9 Å². The normalized spacial score (nSPS) is 27.4. The van der Waals surface area contributed by atoms with E-state index in [9.17, 15) is 4.39 Å². The SMILES string of the molecule is Fc1ccc([C@@]2(CCNCc3cccc(Cl)c3)CCO[C@]3(CCOC3)C2)nc1. The number of hydrogen-bond acceptors (Lipinski definition) is 4. The molecule has 2 atom stereocenters. The van der Waals surface area contributed by atoms with Crippen molar-refractivity contribution in [2.75, 3.05) is 26.4 Å². The topological polar surface area (TPSA) is 43.4 Å². The maximum atomic E-state index is 13.5. The van der Waals surface area contributed by atoms with Gasteiger partial charge in [-0.1, -0.05) is 23.7 Å². The lowest BCUT2D eigenvalue weighted by molar-refractivity contribution is -0.109. The van der Waals surface area contributed by atoms with E-state index in [1.165, 1.54) is 12.3 Å². The van der Waals surface area contributed by atoms with Crippen LogP contribution in [0.15, 0.2) is 42.6 Å². The van der Waals surface area contributed by atoms with E-state index in [1.807, 2.05) is 24.3 Å². The number of aromatic nitrogens is 1. The number of nitrogens with one attached hydrogen (secondary N) is 1. The molecule has 1 aromatic carbocycles. The number of hydrogen-bond donors (Lipinski definition) is 1. The summed E-state index contributed by atoms with van der Waals surface area (Å²) >= 11 is 6.07. The van der Waals surface area contributed by atoms with Gasteiger partial charge >= 0.3 is 0 Å². The Kier molecular flexibility index (Phi) is 5.97. The van der Waals surface area contributed by atoms with Gasteiger partial charge < -0.3 is 14.8 Å². The lowest BCUT2D eigenvalue weighted by Crippen LogP contribution is -2.49. The molecule has 28 heavy (non-hydrogen) atoms. The molecule has 2 aliphatic heterocycles. The highest BCUT2D eigenvalue weighted by molar-refractivity contribution is 6.30. The summed E-state index contributed by atoms with van der Waals surface area (Å²) in [6.45, 7) is 3.64. The van der Waals surface area contributed by atoms with Crippen molar-refractivity contribution in [1.82, 2.24) is 10.3 Å². The van der Waals surface area contributed by atoms with Crippen molar-refractivity contribution in [3.8, 4) is 0 Å². The van der Waals surface area contributed by atoms with Crippen LogP contribution >= 0.6 is 11.6 Å². The average molecular weight is 405 g/mol. The van der Waals surface area contributed by atoms with Crippen molar-refractivity contribution in [2.45, 2.75) is 43.2 Å². The first kappa shape index (κ1) is 19.8. The number of nitrogens with zero attached hydrogens (tertiary/aromatic N) is 1. The zero-order valence-electron chi connectivity index (χ0n) is 15.9. The van der Waals surface area contributed by atoms with Gasteiger partial charge in [-0.15, -0.1) is 0 Å². The molecule has 0 bridgehead atoms. The summed E-state index contributed by atoms with van der Waals surface area (Å²) in [5, 5.41) is 4.28. The number of ether oxygens (including phenoxy) is 2. The molecule has 2 aliphatic rings. The lowest BCUT2D eigenvalue weighted by Gasteiger charge is -2.45. The second kappa shape index (κ2) is 8.46. The Balaban J connectivity index is 1.47. The van der Waals surface area contributed by atoms with Crippen molar-refractivity contribution in [3.05, 3.63) is 64.7 Å². The Morgan fingerprint density at radius 1 is 1.18 bits per heavy atom. The quantitative estimate of drug-likeness (QED) is 0.730. The minimum Gasteiger partial charge on any atom is -0.378 e. The first-order chi connectivity index (χ1) is 13.6. The van der Waals surface area contributed by atoms with Gasteiger partial charge in [-0.2, -0.15) is 0 Å². The first-order valence-corrected chi connectivity index (χ1v) is 10.3. The molecular weight excluding hydrogens is 379 g/mol. The minimum atomic E-state index is -0.302. The standard InChI is InChI=1S/C22H26ClFN2O2/c23-18-3-1-2-17(12-18)13-25-9-6-21(20-5-4-19(24)14-26-20)7-11-28-22(15-21)8-10-27-16-22/h1-5,12,14,25H,6-11,13,15-16H2/t21-,22+/m0/s1. The maximum Gasteiger partial charge on any atom is 0.141 e. The van der Waals surface area contributed by atoms with E-state index < -0.39 is 0 Å². The van der Waals surface area contributed by atoms with Crippen molar-refractivity contribution >= 4 is 11.6 Å². The molecular formula is C22H26ClFN2O2. The fraction of sp³-hybridized carbons (Fsp3) is 0.500. The molecule has 2 saturated heterocycles. The van der Waals surface area contributed by atoms with E-state index in [-0.39, 0.29) is 16.8 Å². The smallest absolute Gasteiger partial charge is 0.141 e. The maximum absolute atomic E-state index is 13.5. The van der Waals surface area contributed by atoms with Crippen LogP contribution in [0.2, 0.25) is 5.02 Å². The number of pyridine rings is 1. The molecule has 0 unspecified atom stereocenters. The molecule has 1 spiro atoms. The molecule has 2 aromatic rings. The zero-order chi connectivity index (χ0) is 19.5. The van der Waals surface area contributed by atoms with Crippen molar-refractivity contribution in [2.24, 2.45) is 0 Å². The van der Waals surface area contributed by atoms with Crippen molar-refractivity contribution in [3.63, 3.8) is 0 Å². The van der Waals surface area contributed by atoms with Crippen LogP contribution in [0.25, 0.3) is 0 Å². The zero-order valence-corrected chi connectivity index (χ0v) is 16.7. The van der Waals surface area contributed by atoms with Crippen molar-refractivity contribution in [1.29, 1.82) is 0 Å². The summed E-state index contributed by atoms with van der Waals surface area (Å²) in [6.07, 6.45) is 4.89. The summed E-state index contributed by atoms with van der Waals surface area (Å²) in [5.74, 6) is -0.302. The molecule has 1 N–H and O–H groups in total.